The number of carbonyl (C=O) groups is 2. The average molecular weight is 276 g/mol. The quantitative estimate of drug-likeness (QED) is 0.686. The van der Waals surface area contributed by atoms with Crippen molar-refractivity contribution in [3.8, 4) is 0 Å². The first-order valence-corrected chi connectivity index (χ1v) is 7.29. The molecule has 0 radical (unpaired) electrons. The van der Waals surface area contributed by atoms with Gasteiger partial charge < -0.3 is 9.68 Å². The standard InChI is InChI=1S/C14H16N2O4/c17-11-13(7-3-1-5-9(13)15-19-11)14-8-4-2-6-10(14)16-20-12(14)18/h1-8H2. The third-order valence-electron chi connectivity index (χ3n) is 5.32. The maximum absolute atomic E-state index is 12.5. The zero-order valence-electron chi connectivity index (χ0n) is 11.2. The van der Waals surface area contributed by atoms with Gasteiger partial charge in [0.15, 0.2) is 0 Å². The number of oxime groups is 2. The molecule has 2 saturated carbocycles. The number of hydrogen-bond donors (Lipinski definition) is 0. The van der Waals surface area contributed by atoms with Gasteiger partial charge in [0, 0.05) is 0 Å². The minimum atomic E-state index is -0.946. The molecule has 2 atom stereocenters. The summed E-state index contributed by atoms with van der Waals surface area (Å²) in [6, 6.07) is 0. The number of carbonyl (C=O) groups excluding carboxylic acids is 2. The lowest BCUT2D eigenvalue weighted by molar-refractivity contribution is -0.165. The maximum atomic E-state index is 12.5. The lowest BCUT2D eigenvalue weighted by atomic mass is 9.51. The molecular formula is C14H16N2O4. The molecule has 0 N–H and O–H groups in total. The molecule has 2 aliphatic carbocycles. The molecule has 0 bridgehead atoms. The van der Waals surface area contributed by atoms with E-state index in [9.17, 15) is 9.59 Å². The van der Waals surface area contributed by atoms with Crippen LogP contribution in [0.5, 0.6) is 0 Å². The predicted molar refractivity (Wildman–Crippen MR) is 68.9 cm³/mol. The van der Waals surface area contributed by atoms with Gasteiger partial charge in [-0.25, -0.2) is 9.59 Å². The van der Waals surface area contributed by atoms with Crippen molar-refractivity contribution in [1.82, 2.24) is 0 Å². The van der Waals surface area contributed by atoms with E-state index < -0.39 is 10.8 Å². The van der Waals surface area contributed by atoms with E-state index in [4.69, 9.17) is 9.68 Å². The van der Waals surface area contributed by atoms with Gasteiger partial charge in [-0.2, -0.15) is 0 Å². The average Bonchev–Trinajstić information content (AvgIpc) is 3.00. The van der Waals surface area contributed by atoms with Crippen LogP contribution in [-0.4, -0.2) is 23.4 Å². The number of nitrogens with zero attached hydrogens (tertiary/aromatic N) is 2. The fourth-order valence-corrected chi connectivity index (χ4v) is 4.38. The molecular weight excluding hydrogens is 260 g/mol. The summed E-state index contributed by atoms with van der Waals surface area (Å²) in [7, 11) is 0. The molecule has 106 valence electrons. The van der Waals surface area contributed by atoms with Crippen molar-refractivity contribution in [1.29, 1.82) is 0 Å². The van der Waals surface area contributed by atoms with E-state index in [1.165, 1.54) is 0 Å². The van der Waals surface area contributed by atoms with Crippen LogP contribution in [0.25, 0.3) is 0 Å². The van der Waals surface area contributed by atoms with Crippen molar-refractivity contribution >= 4 is 23.4 Å². The molecule has 4 rings (SSSR count). The zero-order valence-corrected chi connectivity index (χ0v) is 11.2. The third-order valence-corrected chi connectivity index (χ3v) is 5.32. The minimum Gasteiger partial charge on any atom is -0.317 e. The van der Waals surface area contributed by atoms with E-state index in [1.54, 1.807) is 0 Å². The van der Waals surface area contributed by atoms with Gasteiger partial charge in [0.25, 0.3) is 0 Å². The Balaban J connectivity index is 1.92. The minimum absolute atomic E-state index is 0.388. The van der Waals surface area contributed by atoms with Gasteiger partial charge in [0.2, 0.25) is 0 Å². The van der Waals surface area contributed by atoms with Crippen molar-refractivity contribution in [3.63, 3.8) is 0 Å². The van der Waals surface area contributed by atoms with Crippen molar-refractivity contribution in [2.75, 3.05) is 0 Å². The van der Waals surface area contributed by atoms with E-state index in [0.29, 0.717) is 25.7 Å². The summed E-state index contributed by atoms with van der Waals surface area (Å²) in [5, 5.41) is 7.96. The molecule has 2 heterocycles. The van der Waals surface area contributed by atoms with E-state index in [2.05, 4.69) is 10.3 Å². The van der Waals surface area contributed by atoms with Gasteiger partial charge in [-0.05, 0) is 38.5 Å². The molecule has 2 unspecified atom stereocenters. The highest BCUT2D eigenvalue weighted by molar-refractivity contribution is 6.23. The number of rotatable bonds is 1. The van der Waals surface area contributed by atoms with Crippen molar-refractivity contribution in [3.05, 3.63) is 0 Å². The molecule has 0 spiro atoms. The maximum Gasteiger partial charge on any atom is 0.348 e. The number of hydrogen-bond acceptors (Lipinski definition) is 6. The van der Waals surface area contributed by atoms with Gasteiger partial charge in [0.05, 0.1) is 11.4 Å². The molecule has 4 aliphatic rings. The first-order valence-electron chi connectivity index (χ1n) is 7.29. The van der Waals surface area contributed by atoms with Gasteiger partial charge >= 0.3 is 11.9 Å². The molecule has 0 aromatic rings. The molecule has 0 amide bonds. The van der Waals surface area contributed by atoms with Crippen LogP contribution < -0.4 is 0 Å². The Morgan fingerprint density at radius 2 is 1.20 bits per heavy atom. The van der Waals surface area contributed by atoms with Crippen molar-refractivity contribution in [2.45, 2.75) is 51.4 Å². The molecule has 0 aromatic heterocycles. The fraction of sp³-hybridized carbons (Fsp3) is 0.714. The van der Waals surface area contributed by atoms with E-state index in [-0.39, 0.29) is 11.9 Å². The van der Waals surface area contributed by atoms with Crippen LogP contribution in [0.3, 0.4) is 0 Å². The van der Waals surface area contributed by atoms with Crippen molar-refractivity contribution in [2.24, 2.45) is 21.1 Å². The lowest BCUT2D eigenvalue weighted by Crippen LogP contribution is -2.59. The molecule has 0 aromatic carbocycles. The Hall–Kier alpha value is -1.72. The number of fused-ring (bicyclic) bond motifs is 3. The molecule has 6 heteroatoms. The Morgan fingerprint density at radius 3 is 1.65 bits per heavy atom. The predicted octanol–water partition coefficient (Wildman–Crippen LogP) is 1.93. The first-order chi connectivity index (χ1) is 9.72. The van der Waals surface area contributed by atoms with Crippen LogP contribution in [0.1, 0.15) is 51.4 Å². The topological polar surface area (TPSA) is 77.3 Å². The summed E-state index contributed by atoms with van der Waals surface area (Å²) in [5.74, 6) is -0.777. The van der Waals surface area contributed by atoms with E-state index in [1.807, 2.05) is 0 Å². The molecule has 0 saturated heterocycles. The van der Waals surface area contributed by atoms with E-state index in [0.717, 1.165) is 37.1 Å². The van der Waals surface area contributed by atoms with E-state index >= 15 is 0 Å². The van der Waals surface area contributed by atoms with Gasteiger partial charge in [0.1, 0.15) is 10.8 Å². The third kappa shape index (κ3) is 1.16. The first kappa shape index (κ1) is 12.1. The van der Waals surface area contributed by atoms with Crippen LogP contribution in [0, 0.1) is 10.8 Å². The summed E-state index contributed by atoms with van der Waals surface area (Å²) in [5.41, 5.74) is -0.444. The molecule has 2 aliphatic heterocycles. The second kappa shape index (κ2) is 3.90. The Morgan fingerprint density at radius 1 is 0.750 bits per heavy atom. The highest BCUT2D eigenvalue weighted by Crippen LogP contribution is 2.59. The zero-order chi connectivity index (χ0) is 13.8. The summed E-state index contributed by atoms with van der Waals surface area (Å²) in [6.45, 7) is 0. The molecule has 2 fully saturated rings. The normalized spacial score (nSPS) is 39.4. The summed E-state index contributed by atoms with van der Waals surface area (Å²) in [4.78, 5) is 35.0. The van der Waals surface area contributed by atoms with Crippen LogP contribution >= 0.6 is 0 Å². The van der Waals surface area contributed by atoms with Crippen LogP contribution in [0.2, 0.25) is 0 Å². The summed E-state index contributed by atoms with van der Waals surface area (Å²) >= 11 is 0. The summed E-state index contributed by atoms with van der Waals surface area (Å²) in [6.07, 6.45) is 6.41. The van der Waals surface area contributed by atoms with Crippen molar-refractivity contribution < 1.29 is 19.3 Å². The molecule has 20 heavy (non-hydrogen) atoms. The SMILES string of the molecule is O=C1ON=C2CCCCC12C12CCCCC1=NOC2=O. The van der Waals surface area contributed by atoms with Gasteiger partial charge in [-0.3, -0.25) is 0 Å². The summed E-state index contributed by atoms with van der Waals surface area (Å²) < 4.78 is 0. The second-order valence-corrected chi connectivity index (χ2v) is 6.06. The highest BCUT2D eigenvalue weighted by Gasteiger charge is 2.72. The van der Waals surface area contributed by atoms with Gasteiger partial charge in [-0.1, -0.05) is 23.2 Å². The fourth-order valence-electron chi connectivity index (χ4n) is 4.38. The second-order valence-electron chi connectivity index (χ2n) is 6.06. The smallest absolute Gasteiger partial charge is 0.317 e. The van der Waals surface area contributed by atoms with Crippen LogP contribution in [0.15, 0.2) is 10.3 Å². The Labute approximate surface area is 116 Å². The highest BCUT2D eigenvalue weighted by atomic mass is 16.7. The van der Waals surface area contributed by atoms with Crippen LogP contribution in [-0.2, 0) is 19.3 Å². The Bertz CT molecular complexity index is 518. The Kier molecular flexibility index (Phi) is 2.35. The monoisotopic (exact) mass is 276 g/mol. The molecule has 6 nitrogen and oxygen atoms in total. The lowest BCUT2D eigenvalue weighted by Gasteiger charge is -2.45. The largest absolute Gasteiger partial charge is 0.348 e. The van der Waals surface area contributed by atoms with Crippen LogP contribution in [0.4, 0.5) is 0 Å². The van der Waals surface area contributed by atoms with Gasteiger partial charge in [-0.15, -0.1) is 0 Å².